The summed E-state index contributed by atoms with van der Waals surface area (Å²) in [4.78, 5) is 23.1. The van der Waals surface area contributed by atoms with Gasteiger partial charge in [0.2, 0.25) is 0 Å². The number of rotatable bonds is 9. The van der Waals surface area contributed by atoms with Gasteiger partial charge in [-0.2, -0.15) is 0 Å². The van der Waals surface area contributed by atoms with E-state index in [1.165, 1.54) is 33.5 Å². The van der Waals surface area contributed by atoms with Gasteiger partial charge < -0.3 is 23.7 Å². The lowest BCUT2D eigenvalue weighted by Crippen LogP contribution is -2.43. The smallest absolute Gasteiger partial charge is 0.478 e. The first-order valence-corrected chi connectivity index (χ1v) is 8.69. The molecule has 7 nitrogen and oxygen atoms in total. The summed E-state index contributed by atoms with van der Waals surface area (Å²) in [6.45, 7) is 0.373. The van der Waals surface area contributed by atoms with Gasteiger partial charge in [-0.1, -0.05) is 12.1 Å². The molecule has 0 radical (unpaired) electrons. The minimum atomic E-state index is -2.64. The first-order chi connectivity index (χ1) is 10.5. The molecule has 0 atom stereocenters. The molecule has 1 aromatic carbocycles. The molecule has 0 aliphatic carbocycles. The second kappa shape index (κ2) is 8.64. The number of carboxylic acids is 1. The van der Waals surface area contributed by atoms with Gasteiger partial charge in [0.05, 0.1) is 11.1 Å². The van der Waals surface area contributed by atoms with Crippen LogP contribution in [0.1, 0.15) is 27.1 Å². The molecule has 0 bridgehead atoms. The van der Waals surface area contributed by atoms with Gasteiger partial charge >= 0.3 is 14.8 Å². The van der Waals surface area contributed by atoms with Crippen molar-refractivity contribution in [3.63, 3.8) is 0 Å². The van der Waals surface area contributed by atoms with Gasteiger partial charge in [-0.3, -0.25) is 4.79 Å². The molecule has 0 aromatic heterocycles. The maximum atomic E-state index is 12.0. The quantitative estimate of drug-likeness (QED) is 0.526. The number of aromatic carboxylic acids is 1. The van der Waals surface area contributed by atoms with E-state index in [0.29, 0.717) is 19.0 Å². The van der Waals surface area contributed by atoms with Crippen molar-refractivity contribution in [2.24, 2.45) is 0 Å². The molecule has 8 heteroatoms. The van der Waals surface area contributed by atoms with Gasteiger partial charge in [0.25, 0.3) is 5.91 Å². The van der Waals surface area contributed by atoms with Crippen molar-refractivity contribution in [3.05, 3.63) is 35.4 Å². The molecule has 0 heterocycles. The Kier molecular flexibility index (Phi) is 7.19. The maximum absolute atomic E-state index is 12.0. The standard InChI is InChI=1S/C14H21NO6Si/c1-19-22(20-2,21-3)10-6-9-15-13(16)11-7-4-5-8-12(11)14(17)18/h4-5,7-8H,6,9-10H2,1-3H3,(H,15,16)(H,17,18). The summed E-state index contributed by atoms with van der Waals surface area (Å²) in [6, 6.07) is 6.64. The van der Waals surface area contributed by atoms with Crippen LogP contribution in [0.4, 0.5) is 0 Å². The van der Waals surface area contributed by atoms with Crippen LogP contribution in [0.2, 0.25) is 6.04 Å². The Hall–Kier alpha value is -1.74. The van der Waals surface area contributed by atoms with Gasteiger partial charge in [0, 0.05) is 33.9 Å². The molecule has 0 aliphatic rings. The molecule has 1 rings (SSSR count). The molecule has 1 aromatic rings. The number of hydrogen-bond donors (Lipinski definition) is 2. The summed E-state index contributed by atoms with van der Waals surface area (Å²) >= 11 is 0. The fourth-order valence-corrected chi connectivity index (χ4v) is 3.75. The fourth-order valence-electron chi connectivity index (χ4n) is 2.03. The second-order valence-electron chi connectivity index (χ2n) is 4.51. The Morgan fingerprint density at radius 3 is 2.14 bits per heavy atom. The predicted molar refractivity (Wildman–Crippen MR) is 81.9 cm³/mol. The van der Waals surface area contributed by atoms with Crippen molar-refractivity contribution in [3.8, 4) is 0 Å². The van der Waals surface area contributed by atoms with E-state index in [4.69, 9.17) is 18.4 Å². The van der Waals surface area contributed by atoms with Crippen LogP contribution in [-0.4, -0.2) is 53.7 Å². The van der Waals surface area contributed by atoms with Gasteiger partial charge in [-0.15, -0.1) is 0 Å². The average Bonchev–Trinajstić information content (AvgIpc) is 2.55. The molecule has 1 amide bonds. The monoisotopic (exact) mass is 327 g/mol. The van der Waals surface area contributed by atoms with Crippen LogP contribution in [0.3, 0.4) is 0 Å². The van der Waals surface area contributed by atoms with E-state index in [9.17, 15) is 9.59 Å². The topological polar surface area (TPSA) is 94.1 Å². The molecule has 122 valence electrons. The number of carboxylic acid groups (broad SMARTS) is 1. The van der Waals surface area contributed by atoms with Crippen LogP contribution in [0, 0.1) is 0 Å². The van der Waals surface area contributed by atoms with E-state index < -0.39 is 20.7 Å². The van der Waals surface area contributed by atoms with Gasteiger partial charge in [-0.05, 0) is 18.6 Å². The zero-order valence-corrected chi connectivity index (χ0v) is 13.9. The van der Waals surface area contributed by atoms with Crippen molar-refractivity contribution < 1.29 is 28.0 Å². The Morgan fingerprint density at radius 2 is 1.64 bits per heavy atom. The third-order valence-electron chi connectivity index (χ3n) is 3.28. The summed E-state index contributed by atoms with van der Waals surface area (Å²) in [6.07, 6.45) is 0.600. The van der Waals surface area contributed by atoms with E-state index >= 15 is 0 Å². The summed E-state index contributed by atoms with van der Waals surface area (Å²) in [5.41, 5.74) is 0.123. The highest BCUT2D eigenvalue weighted by Gasteiger charge is 2.36. The molecular formula is C14H21NO6Si. The van der Waals surface area contributed by atoms with Crippen molar-refractivity contribution in [2.75, 3.05) is 27.9 Å². The van der Waals surface area contributed by atoms with Gasteiger partial charge in [-0.25, -0.2) is 4.79 Å². The van der Waals surface area contributed by atoms with Crippen molar-refractivity contribution in [1.82, 2.24) is 5.32 Å². The maximum Gasteiger partial charge on any atom is 0.500 e. The minimum Gasteiger partial charge on any atom is -0.478 e. The molecule has 0 spiro atoms. The SMILES string of the molecule is CO[Si](CCCNC(=O)c1ccccc1C(=O)O)(OC)OC. The Bertz CT molecular complexity index is 510. The normalized spacial score (nSPS) is 11.2. The number of nitrogens with one attached hydrogen (secondary N) is 1. The van der Waals surface area contributed by atoms with Crippen molar-refractivity contribution >= 4 is 20.7 Å². The van der Waals surface area contributed by atoms with Crippen LogP contribution in [0.5, 0.6) is 0 Å². The molecule has 22 heavy (non-hydrogen) atoms. The lowest BCUT2D eigenvalue weighted by atomic mass is 10.1. The first kappa shape index (κ1) is 18.3. The van der Waals surface area contributed by atoms with Crippen molar-refractivity contribution in [1.29, 1.82) is 0 Å². The number of amides is 1. The highest BCUT2D eigenvalue weighted by atomic mass is 28.4. The van der Waals surface area contributed by atoms with E-state index in [0.717, 1.165) is 0 Å². The predicted octanol–water partition coefficient (Wildman–Crippen LogP) is 1.38. The molecule has 0 unspecified atom stereocenters. The summed E-state index contributed by atoms with van der Waals surface area (Å²) in [5, 5.41) is 11.8. The largest absolute Gasteiger partial charge is 0.500 e. The van der Waals surface area contributed by atoms with Crippen LogP contribution < -0.4 is 5.32 Å². The molecule has 0 aliphatic heterocycles. The number of carbonyl (C=O) groups excluding carboxylic acids is 1. The van der Waals surface area contributed by atoms with Crippen LogP contribution in [0.15, 0.2) is 24.3 Å². The lowest BCUT2D eigenvalue weighted by molar-refractivity contribution is 0.0691. The van der Waals surface area contributed by atoms with Crippen LogP contribution in [-0.2, 0) is 13.3 Å². The number of hydrogen-bond acceptors (Lipinski definition) is 5. The molecule has 0 saturated heterocycles. The number of carbonyl (C=O) groups is 2. The third-order valence-corrected chi connectivity index (χ3v) is 6.11. The van der Waals surface area contributed by atoms with Crippen molar-refractivity contribution in [2.45, 2.75) is 12.5 Å². The number of benzene rings is 1. The zero-order valence-electron chi connectivity index (χ0n) is 12.9. The Balaban J connectivity index is 2.56. The van der Waals surface area contributed by atoms with E-state index in [1.54, 1.807) is 12.1 Å². The highest BCUT2D eigenvalue weighted by Crippen LogP contribution is 2.14. The third kappa shape index (κ3) is 4.63. The summed E-state index contributed by atoms with van der Waals surface area (Å²) < 4.78 is 15.8. The van der Waals surface area contributed by atoms with Gasteiger partial charge in [0.1, 0.15) is 0 Å². The second-order valence-corrected chi connectivity index (χ2v) is 7.60. The van der Waals surface area contributed by atoms with E-state index in [1.807, 2.05) is 0 Å². The minimum absolute atomic E-state index is 0.0191. The fraction of sp³-hybridized carbons (Fsp3) is 0.429. The van der Waals surface area contributed by atoms with Crippen LogP contribution in [0.25, 0.3) is 0 Å². The highest BCUT2D eigenvalue weighted by molar-refractivity contribution is 6.60. The summed E-state index contributed by atoms with van der Waals surface area (Å²) in [5.74, 6) is -1.55. The summed E-state index contributed by atoms with van der Waals surface area (Å²) in [7, 11) is 1.94. The Morgan fingerprint density at radius 1 is 1.09 bits per heavy atom. The molecular weight excluding hydrogens is 306 g/mol. The van der Waals surface area contributed by atoms with Crippen LogP contribution >= 0.6 is 0 Å². The first-order valence-electron chi connectivity index (χ1n) is 6.75. The van der Waals surface area contributed by atoms with E-state index in [2.05, 4.69) is 5.32 Å². The molecule has 0 fully saturated rings. The molecule has 0 saturated carbocycles. The zero-order chi connectivity index (χ0) is 16.6. The average molecular weight is 327 g/mol. The van der Waals surface area contributed by atoms with Gasteiger partial charge in [0.15, 0.2) is 0 Å². The lowest BCUT2D eigenvalue weighted by Gasteiger charge is -2.24. The Labute approximate surface area is 130 Å². The van der Waals surface area contributed by atoms with E-state index in [-0.39, 0.29) is 11.1 Å². The molecule has 2 N–H and O–H groups in total.